The molecule has 3 aromatic carbocycles. The van der Waals surface area contributed by atoms with E-state index < -0.39 is 0 Å². The molecule has 1 heterocycles. The van der Waals surface area contributed by atoms with E-state index in [9.17, 15) is 9.18 Å². The van der Waals surface area contributed by atoms with E-state index in [-0.39, 0.29) is 18.1 Å². The van der Waals surface area contributed by atoms with Gasteiger partial charge in [-0.15, -0.1) is 0 Å². The molecule has 4 rings (SSSR count). The molecule has 27 heavy (non-hydrogen) atoms. The van der Waals surface area contributed by atoms with Crippen molar-refractivity contribution < 1.29 is 9.18 Å². The van der Waals surface area contributed by atoms with E-state index in [2.05, 4.69) is 15.3 Å². The zero-order chi connectivity index (χ0) is 18.8. The molecule has 0 aliphatic carbocycles. The summed E-state index contributed by atoms with van der Waals surface area (Å²) in [5.41, 5.74) is 5.24. The molecular formula is C22H18FN3O. The first-order valence-electron chi connectivity index (χ1n) is 8.68. The molecule has 0 aliphatic rings. The van der Waals surface area contributed by atoms with E-state index in [0.717, 1.165) is 27.7 Å². The molecular weight excluding hydrogens is 341 g/mol. The van der Waals surface area contributed by atoms with Gasteiger partial charge in [-0.3, -0.25) is 4.79 Å². The van der Waals surface area contributed by atoms with Crippen molar-refractivity contribution in [2.45, 2.75) is 13.3 Å². The van der Waals surface area contributed by atoms with Gasteiger partial charge in [0.25, 0.3) is 0 Å². The van der Waals surface area contributed by atoms with E-state index >= 15 is 0 Å². The van der Waals surface area contributed by atoms with E-state index in [0.29, 0.717) is 11.5 Å². The molecule has 0 atom stereocenters. The van der Waals surface area contributed by atoms with Crippen LogP contribution in [0.1, 0.15) is 11.1 Å². The van der Waals surface area contributed by atoms with Gasteiger partial charge in [0.15, 0.2) is 0 Å². The van der Waals surface area contributed by atoms with E-state index in [4.69, 9.17) is 0 Å². The molecule has 0 radical (unpaired) electrons. The Bertz CT molecular complexity index is 1120. The number of aromatic amines is 1. The Kier molecular flexibility index (Phi) is 4.42. The van der Waals surface area contributed by atoms with Crippen molar-refractivity contribution in [1.29, 1.82) is 0 Å². The minimum absolute atomic E-state index is 0.166. The number of amides is 1. The predicted molar refractivity (Wildman–Crippen MR) is 105 cm³/mol. The van der Waals surface area contributed by atoms with Gasteiger partial charge in [-0.1, -0.05) is 30.3 Å². The number of nitrogens with zero attached hydrogens (tertiary/aromatic N) is 1. The number of para-hydroxylation sites is 1. The topological polar surface area (TPSA) is 57.8 Å². The van der Waals surface area contributed by atoms with Gasteiger partial charge in [-0.05, 0) is 54.4 Å². The molecule has 0 unspecified atom stereocenters. The standard InChI is InChI=1S/C22H18FN3O/c1-14-6-11-19-20(12-14)26-22(25-19)17-4-2-3-5-18(17)24-21(27)13-15-7-9-16(23)10-8-15/h2-12H,13H2,1H3,(H,24,27)(H,25,26). The van der Waals surface area contributed by atoms with Crippen molar-refractivity contribution in [3.63, 3.8) is 0 Å². The Morgan fingerprint density at radius 3 is 2.67 bits per heavy atom. The number of carbonyl (C=O) groups is 1. The summed E-state index contributed by atoms with van der Waals surface area (Å²) in [6.45, 7) is 2.03. The summed E-state index contributed by atoms with van der Waals surface area (Å²) in [4.78, 5) is 20.4. The summed E-state index contributed by atoms with van der Waals surface area (Å²) in [7, 11) is 0. The van der Waals surface area contributed by atoms with Crippen LogP contribution in [0.2, 0.25) is 0 Å². The van der Waals surface area contributed by atoms with Crippen LogP contribution in [0.3, 0.4) is 0 Å². The summed E-state index contributed by atoms with van der Waals surface area (Å²) < 4.78 is 13.0. The Balaban J connectivity index is 1.60. The van der Waals surface area contributed by atoms with Gasteiger partial charge in [-0.2, -0.15) is 0 Å². The van der Waals surface area contributed by atoms with Crippen molar-refractivity contribution in [3.8, 4) is 11.4 Å². The monoisotopic (exact) mass is 359 g/mol. The molecule has 1 aromatic heterocycles. The van der Waals surface area contributed by atoms with Crippen LogP contribution in [0, 0.1) is 12.7 Å². The fourth-order valence-electron chi connectivity index (χ4n) is 3.03. The van der Waals surface area contributed by atoms with Crippen molar-refractivity contribution in [2.75, 3.05) is 5.32 Å². The van der Waals surface area contributed by atoms with E-state index in [1.807, 2.05) is 49.4 Å². The SMILES string of the molecule is Cc1ccc2nc(-c3ccccc3NC(=O)Cc3ccc(F)cc3)[nH]c2c1. The number of H-pyrrole nitrogens is 1. The zero-order valence-electron chi connectivity index (χ0n) is 14.8. The first kappa shape index (κ1) is 17.0. The maximum absolute atomic E-state index is 13.0. The number of hydrogen-bond acceptors (Lipinski definition) is 2. The molecule has 4 nitrogen and oxygen atoms in total. The number of rotatable bonds is 4. The number of benzene rings is 3. The van der Waals surface area contributed by atoms with Gasteiger partial charge >= 0.3 is 0 Å². The van der Waals surface area contributed by atoms with Crippen molar-refractivity contribution >= 4 is 22.6 Å². The largest absolute Gasteiger partial charge is 0.338 e. The van der Waals surface area contributed by atoms with Crippen LogP contribution in [0.15, 0.2) is 66.7 Å². The van der Waals surface area contributed by atoms with Crippen molar-refractivity contribution in [3.05, 3.63) is 83.7 Å². The normalized spacial score (nSPS) is 10.9. The molecule has 2 N–H and O–H groups in total. The molecule has 0 saturated heterocycles. The van der Waals surface area contributed by atoms with Crippen molar-refractivity contribution in [2.24, 2.45) is 0 Å². The number of hydrogen-bond donors (Lipinski definition) is 2. The smallest absolute Gasteiger partial charge is 0.228 e. The highest BCUT2D eigenvalue weighted by Gasteiger charge is 2.12. The number of nitrogens with one attached hydrogen (secondary N) is 2. The van der Waals surface area contributed by atoms with Crippen LogP contribution in [-0.4, -0.2) is 15.9 Å². The Labute approximate surface area is 156 Å². The third kappa shape index (κ3) is 3.72. The lowest BCUT2D eigenvalue weighted by Crippen LogP contribution is -2.15. The molecule has 0 aliphatic heterocycles. The lowest BCUT2D eigenvalue weighted by molar-refractivity contribution is -0.115. The summed E-state index contributed by atoms with van der Waals surface area (Å²) in [5.74, 6) is 0.221. The summed E-state index contributed by atoms with van der Waals surface area (Å²) in [6.07, 6.45) is 0.175. The van der Waals surface area contributed by atoms with Crippen LogP contribution in [0.5, 0.6) is 0 Å². The molecule has 1 amide bonds. The Hall–Kier alpha value is -3.47. The number of fused-ring (bicyclic) bond motifs is 1. The molecule has 0 saturated carbocycles. The summed E-state index contributed by atoms with van der Waals surface area (Å²) >= 11 is 0. The highest BCUT2D eigenvalue weighted by atomic mass is 19.1. The molecule has 4 aromatic rings. The number of aromatic nitrogens is 2. The van der Waals surface area contributed by atoms with Gasteiger partial charge < -0.3 is 10.3 Å². The number of aryl methyl sites for hydroxylation is 1. The molecule has 0 spiro atoms. The lowest BCUT2D eigenvalue weighted by Gasteiger charge is -2.09. The molecule has 5 heteroatoms. The van der Waals surface area contributed by atoms with Crippen LogP contribution in [0.25, 0.3) is 22.4 Å². The average molecular weight is 359 g/mol. The minimum Gasteiger partial charge on any atom is -0.338 e. The van der Waals surface area contributed by atoms with E-state index in [1.54, 1.807) is 12.1 Å². The van der Waals surface area contributed by atoms with Crippen LogP contribution in [0.4, 0.5) is 10.1 Å². The van der Waals surface area contributed by atoms with Crippen LogP contribution >= 0.6 is 0 Å². The number of carbonyl (C=O) groups excluding carboxylic acids is 1. The molecule has 0 bridgehead atoms. The fourth-order valence-corrected chi connectivity index (χ4v) is 3.03. The summed E-state index contributed by atoms with van der Waals surface area (Å²) in [6, 6.07) is 19.5. The van der Waals surface area contributed by atoms with E-state index in [1.165, 1.54) is 12.1 Å². The van der Waals surface area contributed by atoms with Gasteiger partial charge in [0.05, 0.1) is 23.1 Å². The first-order chi connectivity index (χ1) is 13.1. The second-order valence-electron chi connectivity index (χ2n) is 6.50. The molecule has 0 fully saturated rings. The fraction of sp³-hybridized carbons (Fsp3) is 0.0909. The number of imidazole rings is 1. The average Bonchev–Trinajstić information content (AvgIpc) is 3.07. The molecule has 134 valence electrons. The van der Waals surface area contributed by atoms with Gasteiger partial charge in [0.1, 0.15) is 11.6 Å². The number of anilines is 1. The Morgan fingerprint density at radius 2 is 1.85 bits per heavy atom. The third-order valence-corrected chi connectivity index (χ3v) is 4.37. The maximum Gasteiger partial charge on any atom is 0.228 e. The Morgan fingerprint density at radius 1 is 1.07 bits per heavy atom. The lowest BCUT2D eigenvalue weighted by atomic mass is 10.1. The number of halogens is 1. The van der Waals surface area contributed by atoms with Gasteiger partial charge in [0, 0.05) is 5.56 Å². The summed E-state index contributed by atoms with van der Waals surface area (Å²) in [5, 5.41) is 2.94. The maximum atomic E-state index is 13.0. The quantitative estimate of drug-likeness (QED) is 0.547. The van der Waals surface area contributed by atoms with Gasteiger partial charge in [0.2, 0.25) is 5.91 Å². The predicted octanol–water partition coefficient (Wildman–Crippen LogP) is 4.86. The zero-order valence-corrected chi connectivity index (χ0v) is 14.8. The second-order valence-corrected chi connectivity index (χ2v) is 6.50. The van der Waals surface area contributed by atoms with Crippen LogP contribution < -0.4 is 5.32 Å². The highest BCUT2D eigenvalue weighted by molar-refractivity contribution is 5.96. The highest BCUT2D eigenvalue weighted by Crippen LogP contribution is 2.28. The van der Waals surface area contributed by atoms with Crippen LogP contribution in [-0.2, 0) is 11.2 Å². The van der Waals surface area contributed by atoms with Crippen molar-refractivity contribution in [1.82, 2.24) is 9.97 Å². The second kappa shape index (κ2) is 7.03. The first-order valence-corrected chi connectivity index (χ1v) is 8.68. The van der Waals surface area contributed by atoms with Gasteiger partial charge in [-0.25, -0.2) is 9.37 Å². The minimum atomic E-state index is -0.315. The third-order valence-electron chi connectivity index (χ3n) is 4.37.